The normalized spacial score (nSPS) is 11.8. The lowest BCUT2D eigenvalue weighted by molar-refractivity contribution is 0.619. The van der Waals surface area contributed by atoms with Crippen LogP contribution in [0.5, 0.6) is 0 Å². The van der Waals surface area contributed by atoms with Crippen LogP contribution < -0.4 is 0 Å². The van der Waals surface area contributed by atoms with Gasteiger partial charge in [-0.3, -0.25) is 0 Å². The molecule has 0 unspecified atom stereocenters. The fourth-order valence-corrected chi connectivity index (χ4v) is 3.04. The van der Waals surface area contributed by atoms with Gasteiger partial charge in [-0.25, -0.2) is 4.98 Å². The van der Waals surface area contributed by atoms with E-state index in [-0.39, 0.29) is 0 Å². The Kier molecular flexibility index (Phi) is 1.47. The van der Waals surface area contributed by atoms with Gasteiger partial charge in [-0.15, -0.1) is 11.3 Å². The zero-order valence-corrected chi connectivity index (χ0v) is 9.12. The Morgan fingerprint density at radius 3 is 2.81 bits per heavy atom. The van der Waals surface area contributed by atoms with Gasteiger partial charge >= 0.3 is 0 Å². The molecule has 0 radical (unpaired) electrons. The van der Waals surface area contributed by atoms with Gasteiger partial charge in [-0.05, 0) is 6.07 Å². The van der Waals surface area contributed by atoms with Gasteiger partial charge in [0.05, 0.1) is 22.0 Å². The zero-order valence-electron chi connectivity index (χ0n) is 8.31. The third-order valence-electron chi connectivity index (χ3n) is 2.90. The third-order valence-corrected chi connectivity index (χ3v) is 3.76. The number of hydrogen-bond acceptors (Lipinski definition) is 3. The van der Waals surface area contributed by atoms with Crippen LogP contribution in [0.3, 0.4) is 0 Å². The topological polar surface area (TPSA) is 26.0 Å². The molecule has 2 heterocycles. The van der Waals surface area contributed by atoms with Gasteiger partial charge in [-0.2, -0.15) is 0 Å². The zero-order chi connectivity index (χ0) is 10.5. The molecule has 2 nitrogen and oxygen atoms in total. The maximum Gasteiger partial charge on any atom is 0.143 e. The number of thiazole rings is 1. The molecule has 0 atom stereocenters. The molecule has 2 aromatic heterocycles. The van der Waals surface area contributed by atoms with Crippen molar-refractivity contribution in [3.05, 3.63) is 42.1 Å². The smallest absolute Gasteiger partial charge is 0.143 e. The van der Waals surface area contributed by atoms with Crippen molar-refractivity contribution < 1.29 is 4.42 Å². The molecule has 2 aromatic carbocycles. The lowest BCUT2D eigenvalue weighted by Gasteiger charge is -1.99. The highest BCUT2D eigenvalue weighted by atomic mass is 32.1. The lowest BCUT2D eigenvalue weighted by atomic mass is 10.1. The molecular weight excluding hydrogens is 218 g/mol. The molecule has 16 heavy (non-hydrogen) atoms. The maximum absolute atomic E-state index is 5.59. The average Bonchev–Trinajstić information content (AvgIpc) is 2.98. The molecule has 3 heteroatoms. The second-order valence-corrected chi connectivity index (χ2v) is 4.59. The summed E-state index contributed by atoms with van der Waals surface area (Å²) in [6.07, 6.45) is 1.75. The van der Waals surface area contributed by atoms with Crippen LogP contribution in [-0.4, -0.2) is 4.98 Å². The van der Waals surface area contributed by atoms with Gasteiger partial charge in [0.2, 0.25) is 0 Å². The highest BCUT2D eigenvalue weighted by Gasteiger charge is 2.11. The predicted molar refractivity (Wildman–Crippen MR) is 66.9 cm³/mol. The van der Waals surface area contributed by atoms with Crippen molar-refractivity contribution in [3.8, 4) is 0 Å². The molecule has 4 aromatic rings. The maximum atomic E-state index is 5.59. The second kappa shape index (κ2) is 2.83. The number of rotatable bonds is 0. The molecule has 0 aliphatic rings. The van der Waals surface area contributed by atoms with Gasteiger partial charge < -0.3 is 4.42 Å². The van der Waals surface area contributed by atoms with E-state index in [1.807, 2.05) is 23.7 Å². The summed E-state index contributed by atoms with van der Waals surface area (Å²) in [7, 11) is 0. The lowest BCUT2D eigenvalue weighted by Crippen LogP contribution is -1.76. The van der Waals surface area contributed by atoms with Crippen molar-refractivity contribution in [2.45, 2.75) is 0 Å². The summed E-state index contributed by atoms with van der Waals surface area (Å²) in [5, 5.41) is 3.47. The number of fused-ring (bicyclic) bond motifs is 6. The van der Waals surface area contributed by atoms with E-state index in [1.54, 1.807) is 17.6 Å². The summed E-state index contributed by atoms with van der Waals surface area (Å²) in [5.74, 6) is 0. The molecule has 0 amide bonds. The van der Waals surface area contributed by atoms with Crippen LogP contribution >= 0.6 is 11.3 Å². The van der Waals surface area contributed by atoms with E-state index in [2.05, 4.69) is 17.1 Å². The van der Waals surface area contributed by atoms with E-state index in [4.69, 9.17) is 4.42 Å². The predicted octanol–water partition coefficient (Wildman–Crippen LogP) is 4.20. The van der Waals surface area contributed by atoms with Crippen molar-refractivity contribution in [1.29, 1.82) is 0 Å². The highest BCUT2D eigenvalue weighted by Crippen LogP contribution is 2.36. The Bertz CT molecular complexity index is 743. The molecule has 0 aliphatic heterocycles. The molecule has 0 saturated heterocycles. The molecular formula is C13H7NOS. The van der Waals surface area contributed by atoms with E-state index in [0.717, 1.165) is 21.9 Å². The first-order valence-electron chi connectivity index (χ1n) is 5.06. The molecule has 0 N–H and O–H groups in total. The standard InChI is InChI=1S/C13H7NOS/c1-2-4-9-8(3-1)11-13(16-7-14-11)10-5-6-15-12(9)10/h1-7H. The average molecular weight is 225 g/mol. The summed E-state index contributed by atoms with van der Waals surface area (Å²) >= 11 is 1.67. The Labute approximate surface area is 95.1 Å². The number of aromatic nitrogens is 1. The molecule has 0 aliphatic carbocycles. The van der Waals surface area contributed by atoms with Crippen molar-refractivity contribution in [1.82, 2.24) is 4.98 Å². The van der Waals surface area contributed by atoms with Crippen molar-refractivity contribution in [2.75, 3.05) is 0 Å². The van der Waals surface area contributed by atoms with Crippen LogP contribution in [0.25, 0.3) is 32.0 Å². The first kappa shape index (κ1) is 8.30. The van der Waals surface area contributed by atoms with Gasteiger partial charge in [0.25, 0.3) is 0 Å². The minimum atomic E-state index is 0.965. The quantitative estimate of drug-likeness (QED) is 0.448. The summed E-state index contributed by atoms with van der Waals surface area (Å²) in [6, 6.07) is 10.3. The SMILES string of the molecule is c1ccc2c(c1)c1ncsc1c1ccoc21. The van der Waals surface area contributed by atoms with Gasteiger partial charge in [0.1, 0.15) is 5.58 Å². The minimum absolute atomic E-state index is 0.965. The highest BCUT2D eigenvalue weighted by molar-refractivity contribution is 7.18. The Morgan fingerprint density at radius 1 is 1.00 bits per heavy atom. The van der Waals surface area contributed by atoms with Crippen LogP contribution in [0.15, 0.2) is 46.5 Å². The summed E-state index contributed by atoms with van der Waals surface area (Å²) in [4.78, 5) is 4.45. The number of furan rings is 1. The van der Waals surface area contributed by atoms with Gasteiger partial charge in [-0.1, -0.05) is 24.3 Å². The van der Waals surface area contributed by atoms with Crippen LogP contribution in [0.1, 0.15) is 0 Å². The fraction of sp³-hybridized carbons (Fsp3) is 0. The molecule has 4 rings (SSSR count). The molecule has 0 fully saturated rings. The summed E-state index contributed by atoms with van der Waals surface area (Å²) in [5.41, 5.74) is 3.94. The van der Waals surface area contributed by atoms with Crippen LogP contribution in [-0.2, 0) is 0 Å². The minimum Gasteiger partial charge on any atom is -0.464 e. The van der Waals surface area contributed by atoms with E-state index >= 15 is 0 Å². The Hall–Kier alpha value is -1.87. The summed E-state index contributed by atoms with van der Waals surface area (Å²) in [6.45, 7) is 0. The van der Waals surface area contributed by atoms with E-state index in [1.165, 1.54) is 10.1 Å². The number of hydrogen-bond donors (Lipinski definition) is 0. The monoisotopic (exact) mass is 225 g/mol. The Balaban J connectivity index is 2.51. The van der Waals surface area contributed by atoms with Crippen LogP contribution in [0.2, 0.25) is 0 Å². The Morgan fingerprint density at radius 2 is 1.88 bits per heavy atom. The molecule has 0 saturated carbocycles. The molecule has 0 bridgehead atoms. The number of benzene rings is 2. The summed E-state index contributed by atoms with van der Waals surface area (Å²) < 4.78 is 6.80. The fourth-order valence-electron chi connectivity index (χ4n) is 2.21. The van der Waals surface area contributed by atoms with Crippen molar-refractivity contribution in [3.63, 3.8) is 0 Å². The first-order valence-corrected chi connectivity index (χ1v) is 5.94. The van der Waals surface area contributed by atoms with Crippen molar-refractivity contribution in [2.24, 2.45) is 0 Å². The molecule has 0 spiro atoms. The number of nitrogens with zero attached hydrogens (tertiary/aromatic N) is 1. The van der Waals surface area contributed by atoms with Gasteiger partial charge in [0, 0.05) is 16.2 Å². The largest absolute Gasteiger partial charge is 0.464 e. The van der Waals surface area contributed by atoms with E-state index < -0.39 is 0 Å². The van der Waals surface area contributed by atoms with Gasteiger partial charge in [0.15, 0.2) is 0 Å². The van der Waals surface area contributed by atoms with Crippen LogP contribution in [0, 0.1) is 0 Å². The first-order chi connectivity index (χ1) is 7.95. The van der Waals surface area contributed by atoms with Crippen LogP contribution in [0.4, 0.5) is 0 Å². The third kappa shape index (κ3) is 0.888. The van der Waals surface area contributed by atoms with Crippen molar-refractivity contribution >= 4 is 43.3 Å². The molecule has 76 valence electrons. The van der Waals surface area contributed by atoms with E-state index in [9.17, 15) is 0 Å². The van der Waals surface area contributed by atoms with E-state index in [0.29, 0.717) is 0 Å². The second-order valence-electron chi connectivity index (χ2n) is 3.74.